The lowest BCUT2D eigenvalue weighted by Gasteiger charge is -2.22. The molecule has 0 saturated heterocycles. The molecule has 2 N–H and O–H groups in total. The molecule has 0 aromatic heterocycles. The highest BCUT2D eigenvalue weighted by molar-refractivity contribution is 7.98. The number of hydrogen-bond donors (Lipinski definition) is 2. The molecule has 1 unspecified atom stereocenters. The van der Waals surface area contributed by atoms with Crippen molar-refractivity contribution in [1.29, 1.82) is 0 Å². The molecule has 0 bridgehead atoms. The summed E-state index contributed by atoms with van der Waals surface area (Å²) in [6, 6.07) is 16.0. The van der Waals surface area contributed by atoms with Gasteiger partial charge in [-0.1, -0.05) is 42.5 Å². The Bertz CT molecular complexity index is 703. The Balaban J connectivity index is 2.20. The van der Waals surface area contributed by atoms with Crippen LogP contribution in [0.4, 0.5) is 0 Å². The third kappa shape index (κ3) is 5.34. The van der Waals surface area contributed by atoms with Crippen LogP contribution in [0.25, 0.3) is 0 Å². The van der Waals surface area contributed by atoms with Crippen molar-refractivity contribution in [3.05, 3.63) is 65.7 Å². The van der Waals surface area contributed by atoms with Crippen LogP contribution in [0.2, 0.25) is 0 Å². The Morgan fingerprint density at radius 2 is 1.72 bits per heavy atom. The van der Waals surface area contributed by atoms with Crippen molar-refractivity contribution in [2.75, 3.05) is 13.4 Å². The highest BCUT2D eigenvalue weighted by Gasteiger charge is 2.25. The van der Waals surface area contributed by atoms with Gasteiger partial charge in [-0.15, -0.1) is 11.8 Å². The van der Waals surface area contributed by atoms with Crippen LogP contribution >= 0.6 is 11.8 Å². The second-order valence-corrected chi connectivity index (χ2v) is 6.34. The molecule has 0 radical (unpaired) electrons. The van der Waals surface area contributed by atoms with Crippen molar-refractivity contribution in [1.82, 2.24) is 5.32 Å². The maximum atomic E-state index is 12.6. The number of carbonyl (C=O) groups is 2. The fourth-order valence-electron chi connectivity index (χ4n) is 2.53. The molecule has 5 nitrogen and oxygen atoms in total. The molecule has 25 heavy (non-hydrogen) atoms. The predicted octanol–water partition coefficient (Wildman–Crippen LogP) is 3.43. The average molecular weight is 359 g/mol. The van der Waals surface area contributed by atoms with Crippen LogP contribution in [0.15, 0.2) is 59.5 Å². The van der Waals surface area contributed by atoms with Gasteiger partial charge in [-0.3, -0.25) is 9.59 Å². The molecule has 0 heterocycles. The molecule has 0 fully saturated rings. The number of carbonyl (C=O) groups excluding carboxylic acids is 1. The summed E-state index contributed by atoms with van der Waals surface area (Å²) in [5.41, 5.74) is 1.46. The van der Waals surface area contributed by atoms with E-state index in [2.05, 4.69) is 5.32 Å². The molecule has 6 heteroatoms. The summed E-state index contributed by atoms with van der Waals surface area (Å²) >= 11 is 1.60. The van der Waals surface area contributed by atoms with Crippen LogP contribution in [0, 0.1) is 0 Å². The van der Waals surface area contributed by atoms with Crippen molar-refractivity contribution in [2.24, 2.45) is 0 Å². The summed E-state index contributed by atoms with van der Waals surface area (Å²) in [7, 11) is 1.46. The van der Waals surface area contributed by atoms with Gasteiger partial charge in [0.1, 0.15) is 0 Å². The number of carboxylic acids is 1. The normalized spacial score (nSPS) is 13.0. The van der Waals surface area contributed by atoms with Crippen molar-refractivity contribution >= 4 is 23.6 Å². The zero-order valence-corrected chi connectivity index (χ0v) is 15.0. The fraction of sp³-hybridized carbons (Fsp3) is 0.263. The van der Waals surface area contributed by atoms with E-state index in [-0.39, 0.29) is 12.3 Å². The smallest absolute Gasteiger partial charge is 0.305 e. The SMILES string of the molecule is CO[C@@H](C(=O)NC(CC(=O)O)c1ccc(SC)cc1)c1ccccc1. The Morgan fingerprint density at radius 1 is 1.08 bits per heavy atom. The first-order valence-electron chi connectivity index (χ1n) is 7.79. The van der Waals surface area contributed by atoms with Gasteiger partial charge in [0.05, 0.1) is 12.5 Å². The van der Waals surface area contributed by atoms with Gasteiger partial charge < -0.3 is 15.2 Å². The monoisotopic (exact) mass is 359 g/mol. The van der Waals surface area contributed by atoms with Gasteiger partial charge >= 0.3 is 5.97 Å². The molecule has 0 aliphatic rings. The van der Waals surface area contributed by atoms with Crippen LogP contribution < -0.4 is 5.32 Å². The van der Waals surface area contributed by atoms with Crippen molar-refractivity contribution in [3.8, 4) is 0 Å². The first kappa shape index (κ1) is 19.0. The van der Waals surface area contributed by atoms with Gasteiger partial charge in [-0.05, 0) is 29.5 Å². The molecule has 2 rings (SSSR count). The minimum atomic E-state index is -0.979. The van der Waals surface area contributed by atoms with Gasteiger partial charge in [0.15, 0.2) is 6.10 Å². The zero-order valence-electron chi connectivity index (χ0n) is 14.1. The van der Waals surface area contributed by atoms with Crippen LogP contribution in [0.3, 0.4) is 0 Å². The average Bonchev–Trinajstić information content (AvgIpc) is 2.62. The molecule has 1 amide bonds. The van der Waals surface area contributed by atoms with E-state index < -0.39 is 18.1 Å². The minimum Gasteiger partial charge on any atom is -0.481 e. The maximum Gasteiger partial charge on any atom is 0.305 e. The molecule has 2 aromatic rings. The van der Waals surface area contributed by atoms with E-state index in [1.165, 1.54) is 7.11 Å². The molecule has 0 aliphatic carbocycles. The number of nitrogens with one attached hydrogen (secondary N) is 1. The van der Waals surface area contributed by atoms with Gasteiger partial charge in [0, 0.05) is 12.0 Å². The number of ether oxygens (including phenoxy) is 1. The molecule has 132 valence electrons. The fourth-order valence-corrected chi connectivity index (χ4v) is 2.94. The lowest BCUT2D eigenvalue weighted by molar-refractivity contribution is -0.138. The minimum absolute atomic E-state index is 0.199. The van der Waals surface area contributed by atoms with Gasteiger partial charge in [-0.25, -0.2) is 0 Å². The predicted molar refractivity (Wildman–Crippen MR) is 97.6 cm³/mol. The number of methoxy groups -OCH3 is 1. The summed E-state index contributed by atoms with van der Waals surface area (Å²) in [5, 5.41) is 12.0. The van der Waals surface area contributed by atoms with Crippen LogP contribution in [0.5, 0.6) is 0 Å². The Hall–Kier alpha value is -2.31. The molecule has 0 aliphatic heterocycles. The van der Waals surface area contributed by atoms with Crippen LogP contribution in [-0.4, -0.2) is 30.3 Å². The molecular formula is C19H21NO4S. The van der Waals surface area contributed by atoms with Gasteiger partial charge in [-0.2, -0.15) is 0 Å². The summed E-state index contributed by atoms with van der Waals surface area (Å²) in [5.74, 6) is -1.35. The molecule has 0 spiro atoms. The van der Waals surface area contributed by atoms with Crippen molar-refractivity contribution < 1.29 is 19.4 Å². The van der Waals surface area contributed by atoms with Gasteiger partial charge in [0.2, 0.25) is 0 Å². The highest BCUT2D eigenvalue weighted by atomic mass is 32.2. The lowest BCUT2D eigenvalue weighted by atomic mass is 10.0. The Labute approximate surface area is 151 Å². The molecule has 2 atom stereocenters. The quantitative estimate of drug-likeness (QED) is 0.706. The van der Waals surface area contributed by atoms with E-state index in [0.29, 0.717) is 5.56 Å². The first-order chi connectivity index (χ1) is 12.0. The second-order valence-electron chi connectivity index (χ2n) is 5.46. The van der Waals surface area contributed by atoms with Gasteiger partial charge in [0.25, 0.3) is 5.91 Å². The Morgan fingerprint density at radius 3 is 2.24 bits per heavy atom. The maximum absolute atomic E-state index is 12.6. The van der Waals surface area contributed by atoms with E-state index in [9.17, 15) is 14.7 Å². The topological polar surface area (TPSA) is 75.6 Å². The number of aliphatic carboxylic acids is 1. The third-order valence-corrected chi connectivity index (χ3v) is 4.53. The van der Waals surface area contributed by atoms with Crippen LogP contribution in [-0.2, 0) is 14.3 Å². The van der Waals surface area contributed by atoms with Crippen molar-refractivity contribution in [2.45, 2.75) is 23.5 Å². The number of carboxylic acid groups (broad SMARTS) is 1. The molecular weight excluding hydrogens is 338 g/mol. The highest BCUT2D eigenvalue weighted by Crippen LogP contribution is 2.23. The van der Waals surface area contributed by atoms with E-state index in [1.54, 1.807) is 23.9 Å². The zero-order chi connectivity index (χ0) is 18.2. The summed E-state index contributed by atoms with van der Waals surface area (Å²) in [4.78, 5) is 24.9. The summed E-state index contributed by atoms with van der Waals surface area (Å²) < 4.78 is 5.31. The number of thioether (sulfide) groups is 1. The van der Waals surface area contributed by atoms with E-state index >= 15 is 0 Å². The lowest BCUT2D eigenvalue weighted by Crippen LogP contribution is -2.34. The third-order valence-electron chi connectivity index (χ3n) is 3.79. The summed E-state index contributed by atoms with van der Waals surface area (Å²) in [6.45, 7) is 0. The second kappa shape index (κ2) is 9.25. The number of hydrogen-bond acceptors (Lipinski definition) is 4. The summed E-state index contributed by atoms with van der Waals surface area (Å²) in [6.07, 6.45) is 0.979. The number of amides is 1. The molecule has 2 aromatic carbocycles. The standard InChI is InChI=1S/C19H21NO4S/c1-24-18(14-6-4-3-5-7-14)19(23)20-16(12-17(21)22)13-8-10-15(25-2)11-9-13/h3-11,16,18H,12H2,1-2H3,(H,20,23)(H,21,22)/t16?,18-/m1/s1. The van der Waals surface area contributed by atoms with E-state index in [4.69, 9.17) is 4.74 Å². The number of benzene rings is 2. The number of rotatable bonds is 8. The molecule has 0 saturated carbocycles. The van der Waals surface area contributed by atoms with Crippen molar-refractivity contribution in [3.63, 3.8) is 0 Å². The van der Waals surface area contributed by atoms with E-state index in [1.807, 2.05) is 48.7 Å². The van der Waals surface area contributed by atoms with E-state index in [0.717, 1.165) is 10.5 Å². The first-order valence-corrected chi connectivity index (χ1v) is 9.01. The van der Waals surface area contributed by atoms with Crippen LogP contribution in [0.1, 0.15) is 29.7 Å². The Kier molecular flexibility index (Phi) is 7.03. The largest absolute Gasteiger partial charge is 0.481 e.